The predicted octanol–water partition coefficient (Wildman–Crippen LogP) is 6.88. The van der Waals surface area contributed by atoms with Crippen LogP contribution < -0.4 is 20.5 Å². The zero-order chi connectivity index (χ0) is 30.2. The molecule has 0 aliphatic rings. The zero-order valence-corrected chi connectivity index (χ0v) is 23.8. The number of amides is 1. The molecular formula is C33H32N2O7. The average Bonchev–Trinajstić information content (AvgIpc) is 2.99. The minimum absolute atomic E-state index is 0.0474. The van der Waals surface area contributed by atoms with Gasteiger partial charge in [0.05, 0.1) is 30.9 Å². The normalized spacial score (nSPS) is 10.6. The Balaban J connectivity index is 1.55. The highest BCUT2D eigenvalue weighted by Gasteiger charge is 2.20. The lowest BCUT2D eigenvalue weighted by Gasteiger charge is -2.14. The van der Waals surface area contributed by atoms with Crippen molar-refractivity contribution in [2.75, 3.05) is 25.3 Å². The molecule has 0 saturated carbocycles. The summed E-state index contributed by atoms with van der Waals surface area (Å²) in [4.78, 5) is 38.2. The Bertz CT molecular complexity index is 1580. The monoisotopic (exact) mass is 568 g/mol. The summed E-state index contributed by atoms with van der Waals surface area (Å²) < 4.78 is 21.6. The number of benzene rings is 4. The summed E-state index contributed by atoms with van der Waals surface area (Å²) in [6, 6.07) is 23.3. The molecule has 0 bridgehead atoms. The molecule has 4 rings (SSSR count). The third-order valence-corrected chi connectivity index (χ3v) is 6.22. The van der Waals surface area contributed by atoms with E-state index in [9.17, 15) is 14.4 Å². The van der Waals surface area contributed by atoms with Gasteiger partial charge in [0, 0.05) is 11.4 Å². The lowest BCUT2D eigenvalue weighted by Crippen LogP contribution is -2.17. The molecule has 216 valence electrons. The van der Waals surface area contributed by atoms with E-state index in [1.807, 2.05) is 6.07 Å². The molecule has 9 heteroatoms. The van der Waals surface area contributed by atoms with Gasteiger partial charge in [-0.1, -0.05) is 19.9 Å². The summed E-state index contributed by atoms with van der Waals surface area (Å²) in [5.74, 6) is 0.481. The Morgan fingerprint density at radius 2 is 1.17 bits per heavy atom. The standard InChI is InChI=1S/C33H32N2O7/c1-20(2)17-21-5-10-26(18-29(21)33(38)40-4)42-27-15-16-28(32(37)39-3)30(19-27)31(36)35-23-8-13-25(14-9-23)41-24-11-6-22(34)7-12-24/h5-16,18-20H,17,34H2,1-4H3,(H,35,36). The smallest absolute Gasteiger partial charge is 0.338 e. The summed E-state index contributed by atoms with van der Waals surface area (Å²) in [6.07, 6.45) is 0.692. The van der Waals surface area contributed by atoms with Gasteiger partial charge in [0.2, 0.25) is 0 Å². The molecule has 9 nitrogen and oxygen atoms in total. The number of hydrogen-bond donors (Lipinski definition) is 2. The molecule has 0 fully saturated rings. The van der Waals surface area contributed by atoms with E-state index < -0.39 is 17.8 Å². The number of carbonyl (C=O) groups excluding carboxylic acids is 3. The average molecular weight is 569 g/mol. The first-order valence-corrected chi connectivity index (χ1v) is 13.2. The van der Waals surface area contributed by atoms with E-state index in [4.69, 9.17) is 24.7 Å². The van der Waals surface area contributed by atoms with Gasteiger partial charge in [0.15, 0.2) is 0 Å². The van der Waals surface area contributed by atoms with Crippen LogP contribution in [0.15, 0.2) is 84.9 Å². The van der Waals surface area contributed by atoms with Gasteiger partial charge in [0.25, 0.3) is 5.91 Å². The summed E-state index contributed by atoms with van der Waals surface area (Å²) in [7, 11) is 2.56. The number of rotatable bonds is 10. The fourth-order valence-electron chi connectivity index (χ4n) is 4.21. The molecule has 0 aromatic heterocycles. The maximum Gasteiger partial charge on any atom is 0.338 e. The van der Waals surface area contributed by atoms with Gasteiger partial charge in [-0.25, -0.2) is 9.59 Å². The highest BCUT2D eigenvalue weighted by Crippen LogP contribution is 2.29. The van der Waals surface area contributed by atoms with Crippen LogP contribution in [0, 0.1) is 5.92 Å². The largest absolute Gasteiger partial charge is 0.465 e. The van der Waals surface area contributed by atoms with Crippen molar-refractivity contribution in [1.29, 1.82) is 0 Å². The minimum Gasteiger partial charge on any atom is -0.465 e. The molecule has 0 saturated heterocycles. The van der Waals surface area contributed by atoms with Crippen molar-refractivity contribution in [3.05, 3.63) is 107 Å². The SMILES string of the molecule is COC(=O)c1cc(Oc2ccc(C(=O)OC)c(C(=O)Nc3ccc(Oc4ccc(N)cc4)cc3)c2)ccc1CC(C)C. The summed E-state index contributed by atoms with van der Waals surface area (Å²) in [5, 5.41) is 2.79. The van der Waals surface area contributed by atoms with Crippen molar-refractivity contribution in [3.63, 3.8) is 0 Å². The number of methoxy groups -OCH3 is 2. The van der Waals surface area contributed by atoms with Gasteiger partial charge in [-0.05, 0) is 96.8 Å². The minimum atomic E-state index is -0.676. The Morgan fingerprint density at radius 1 is 0.667 bits per heavy atom. The second-order valence-electron chi connectivity index (χ2n) is 9.86. The first-order chi connectivity index (χ1) is 20.2. The fourth-order valence-corrected chi connectivity index (χ4v) is 4.21. The van der Waals surface area contributed by atoms with E-state index >= 15 is 0 Å². The number of esters is 2. The lowest BCUT2D eigenvalue weighted by atomic mass is 9.98. The second-order valence-corrected chi connectivity index (χ2v) is 9.86. The number of carbonyl (C=O) groups is 3. The summed E-state index contributed by atoms with van der Waals surface area (Å²) in [5.41, 5.74) is 8.18. The second kappa shape index (κ2) is 13.4. The van der Waals surface area contributed by atoms with E-state index in [-0.39, 0.29) is 16.9 Å². The van der Waals surface area contributed by atoms with Gasteiger partial charge in [-0.3, -0.25) is 4.79 Å². The maximum absolute atomic E-state index is 13.3. The molecule has 0 spiro atoms. The Morgan fingerprint density at radius 3 is 1.76 bits per heavy atom. The Kier molecular flexibility index (Phi) is 9.44. The Labute approximate surface area is 244 Å². The molecule has 0 unspecified atom stereocenters. The number of nitrogens with two attached hydrogens (primary N) is 1. The van der Waals surface area contributed by atoms with Crippen LogP contribution in [0.5, 0.6) is 23.0 Å². The first-order valence-electron chi connectivity index (χ1n) is 13.2. The molecule has 1 amide bonds. The molecular weight excluding hydrogens is 536 g/mol. The van der Waals surface area contributed by atoms with Crippen molar-refractivity contribution in [2.45, 2.75) is 20.3 Å². The molecule has 4 aromatic carbocycles. The topological polar surface area (TPSA) is 126 Å². The van der Waals surface area contributed by atoms with Crippen molar-refractivity contribution >= 4 is 29.2 Å². The van der Waals surface area contributed by atoms with Gasteiger partial charge < -0.3 is 30.0 Å². The number of nitrogen functional groups attached to an aromatic ring is 1. The molecule has 42 heavy (non-hydrogen) atoms. The maximum atomic E-state index is 13.3. The third-order valence-electron chi connectivity index (χ3n) is 6.22. The number of nitrogens with one attached hydrogen (secondary N) is 1. The fraction of sp³-hybridized carbons (Fsp3) is 0.182. The number of ether oxygens (including phenoxy) is 4. The highest BCUT2D eigenvalue weighted by atomic mass is 16.5. The van der Waals surface area contributed by atoms with Crippen LogP contribution in [0.2, 0.25) is 0 Å². The van der Waals surface area contributed by atoms with Crippen LogP contribution in [-0.4, -0.2) is 32.1 Å². The van der Waals surface area contributed by atoms with E-state index in [1.54, 1.807) is 66.7 Å². The van der Waals surface area contributed by atoms with E-state index in [0.29, 0.717) is 46.5 Å². The van der Waals surface area contributed by atoms with Crippen molar-refractivity contribution in [3.8, 4) is 23.0 Å². The summed E-state index contributed by atoms with van der Waals surface area (Å²) >= 11 is 0. The van der Waals surface area contributed by atoms with Crippen LogP contribution in [0.1, 0.15) is 50.5 Å². The van der Waals surface area contributed by atoms with Gasteiger partial charge in [-0.15, -0.1) is 0 Å². The first kappa shape index (κ1) is 29.7. The molecule has 4 aromatic rings. The molecule has 0 aliphatic carbocycles. The zero-order valence-electron chi connectivity index (χ0n) is 23.8. The van der Waals surface area contributed by atoms with E-state index in [2.05, 4.69) is 19.2 Å². The lowest BCUT2D eigenvalue weighted by molar-refractivity contribution is 0.0589. The van der Waals surface area contributed by atoms with Crippen LogP contribution >= 0.6 is 0 Å². The van der Waals surface area contributed by atoms with Crippen LogP contribution in [0.4, 0.5) is 11.4 Å². The van der Waals surface area contributed by atoms with E-state index in [0.717, 1.165) is 5.56 Å². The number of hydrogen-bond acceptors (Lipinski definition) is 8. The molecule has 0 atom stereocenters. The van der Waals surface area contributed by atoms with E-state index in [1.165, 1.54) is 26.4 Å². The molecule has 0 heterocycles. The van der Waals surface area contributed by atoms with Gasteiger partial charge in [0.1, 0.15) is 23.0 Å². The van der Waals surface area contributed by atoms with Gasteiger partial charge >= 0.3 is 11.9 Å². The summed E-state index contributed by atoms with van der Waals surface area (Å²) in [6.45, 7) is 4.12. The Hall–Kier alpha value is -5.31. The van der Waals surface area contributed by atoms with Crippen LogP contribution in [-0.2, 0) is 15.9 Å². The quantitative estimate of drug-likeness (QED) is 0.157. The van der Waals surface area contributed by atoms with Crippen LogP contribution in [0.25, 0.3) is 0 Å². The molecule has 0 aliphatic heterocycles. The van der Waals surface area contributed by atoms with Crippen molar-refractivity contribution < 1.29 is 33.3 Å². The van der Waals surface area contributed by atoms with Crippen molar-refractivity contribution in [2.24, 2.45) is 5.92 Å². The number of anilines is 2. The third kappa shape index (κ3) is 7.45. The van der Waals surface area contributed by atoms with Crippen LogP contribution in [0.3, 0.4) is 0 Å². The van der Waals surface area contributed by atoms with Gasteiger partial charge in [-0.2, -0.15) is 0 Å². The van der Waals surface area contributed by atoms with Crippen molar-refractivity contribution in [1.82, 2.24) is 0 Å². The molecule has 0 radical (unpaired) electrons. The predicted molar refractivity (Wildman–Crippen MR) is 160 cm³/mol. The highest BCUT2D eigenvalue weighted by molar-refractivity contribution is 6.11. The molecule has 3 N–H and O–H groups in total.